The lowest BCUT2D eigenvalue weighted by atomic mass is 9.88. The number of benzene rings is 1. The molecule has 0 aromatic heterocycles. The Morgan fingerprint density at radius 2 is 2.14 bits per heavy atom. The topological polar surface area (TPSA) is 44.4 Å². The summed E-state index contributed by atoms with van der Waals surface area (Å²) in [5.41, 5.74) is 1.86. The summed E-state index contributed by atoms with van der Waals surface area (Å²) in [6, 6.07) is 8.19. The van der Waals surface area contributed by atoms with Gasteiger partial charge in [0.1, 0.15) is 0 Å². The molecular formula is C17H27N3O. The number of hydrogen-bond donors (Lipinski definition) is 2. The predicted molar refractivity (Wildman–Crippen MR) is 87.3 cm³/mol. The highest BCUT2D eigenvalue weighted by molar-refractivity contribution is 5.95. The average molecular weight is 289 g/mol. The fourth-order valence-electron chi connectivity index (χ4n) is 2.75. The molecule has 0 saturated carbocycles. The summed E-state index contributed by atoms with van der Waals surface area (Å²) < 4.78 is 0. The first kappa shape index (κ1) is 16.0. The molecule has 116 valence electrons. The molecular weight excluding hydrogens is 262 g/mol. The van der Waals surface area contributed by atoms with Crippen molar-refractivity contribution in [1.29, 1.82) is 0 Å². The molecule has 21 heavy (non-hydrogen) atoms. The van der Waals surface area contributed by atoms with Gasteiger partial charge in [0.05, 0.1) is 5.41 Å². The van der Waals surface area contributed by atoms with Crippen molar-refractivity contribution in [3.8, 4) is 0 Å². The Labute approximate surface area is 127 Å². The second-order valence-electron chi connectivity index (χ2n) is 6.10. The molecule has 1 saturated heterocycles. The van der Waals surface area contributed by atoms with Crippen molar-refractivity contribution in [2.45, 2.75) is 33.7 Å². The van der Waals surface area contributed by atoms with Crippen LogP contribution in [0.1, 0.15) is 32.8 Å². The minimum atomic E-state index is -0.283. The highest BCUT2D eigenvalue weighted by Gasteiger charge is 2.36. The predicted octanol–water partition coefficient (Wildman–Crippen LogP) is 2.47. The SMILES string of the molecule is CCN(CC)Cc1cccc(NC(=O)C2(C)CCNC2)c1. The van der Waals surface area contributed by atoms with Crippen LogP contribution < -0.4 is 10.6 Å². The first-order chi connectivity index (χ1) is 10.1. The number of anilines is 1. The van der Waals surface area contributed by atoms with E-state index >= 15 is 0 Å². The lowest BCUT2D eigenvalue weighted by molar-refractivity contribution is -0.123. The van der Waals surface area contributed by atoms with Gasteiger partial charge in [-0.25, -0.2) is 0 Å². The highest BCUT2D eigenvalue weighted by Crippen LogP contribution is 2.26. The van der Waals surface area contributed by atoms with Crippen LogP contribution in [0.15, 0.2) is 24.3 Å². The Bertz CT molecular complexity index is 477. The molecule has 2 rings (SSSR count). The third kappa shape index (κ3) is 4.05. The van der Waals surface area contributed by atoms with E-state index < -0.39 is 0 Å². The van der Waals surface area contributed by atoms with E-state index in [1.54, 1.807) is 0 Å². The van der Waals surface area contributed by atoms with Crippen molar-refractivity contribution in [3.05, 3.63) is 29.8 Å². The fraction of sp³-hybridized carbons (Fsp3) is 0.588. The van der Waals surface area contributed by atoms with Crippen LogP contribution in [-0.4, -0.2) is 37.0 Å². The summed E-state index contributed by atoms with van der Waals surface area (Å²) in [6.07, 6.45) is 0.901. The van der Waals surface area contributed by atoms with Gasteiger partial charge in [0.25, 0.3) is 0 Å². The van der Waals surface area contributed by atoms with Crippen molar-refractivity contribution in [3.63, 3.8) is 0 Å². The summed E-state index contributed by atoms with van der Waals surface area (Å²) in [4.78, 5) is 14.8. The van der Waals surface area contributed by atoms with Gasteiger partial charge in [-0.2, -0.15) is 0 Å². The third-order valence-corrected chi connectivity index (χ3v) is 4.40. The Balaban J connectivity index is 2.02. The lowest BCUT2D eigenvalue weighted by Crippen LogP contribution is -2.35. The summed E-state index contributed by atoms with van der Waals surface area (Å²) in [5, 5.41) is 6.34. The number of rotatable bonds is 6. The van der Waals surface area contributed by atoms with Crippen LogP contribution >= 0.6 is 0 Å². The summed E-state index contributed by atoms with van der Waals surface area (Å²) in [7, 11) is 0. The number of amides is 1. The quantitative estimate of drug-likeness (QED) is 0.845. The van der Waals surface area contributed by atoms with E-state index in [0.717, 1.165) is 44.8 Å². The fourth-order valence-corrected chi connectivity index (χ4v) is 2.75. The Morgan fingerprint density at radius 3 is 2.76 bits per heavy atom. The van der Waals surface area contributed by atoms with Gasteiger partial charge in [-0.15, -0.1) is 0 Å². The van der Waals surface area contributed by atoms with E-state index in [0.29, 0.717) is 0 Å². The van der Waals surface area contributed by atoms with Gasteiger partial charge in [-0.05, 0) is 50.7 Å². The Morgan fingerprint density at radius 1 is 1.38 bits per heavy atom. The van der Waals surface area contributed by atoms with Crippen LogP contribution in [0.5, 0.6) is 0 Å². The minimum Gasteiger partial charge on any atom is -0.326 e. The van der Waals surface area contributed by atoms with Crippen LogP contribution in [0.4, 0.5) is 5.69 Å². The molecule has 1 unspecified atom stereocenters. The summed E-state index contributed by atoms with van der Waals surface area (Å²) >= 11 is 0. The van der Waals surface area contributed by atoms with Crippen molar-refractivity contribution in [2.24, 2.45) is 5.41 Å². The van der Waals surface area contributed by atoms with E-state index in [-0.39, 0.29) is 11.3 Å². The van der Waals surface area contributed by atoms with Gasteiger partial charge in [-0.3, -0.25) is 9.69 Å². The van der Waals surface area contributed by atoms with Gasteiger partial charge in [0.2, 0.25) is 5.91 Å². The molecule has 0 bridgehead atoms. The largest absolute Gasteiger partial charge is 0.326 e. The Kier molecular flexibility index (Phi) is 5.37. The molecule has 0 spiro atoms. The van der Waals surface area contributed by atoms with E-state index in [9.17, 15) is 4.79 Å². The summed E-state index contributed by atoms with van der Waals surface area (Å²) in [6.45, 7) is 11.1. The molecule has 1 aliphatic heterocycles. The van der Waals surface area contributed by atoms with Crippen LogP contribution in [0.25, 0.3) is 0 Å². The number of hydrogen-bond acceptors (Lipinski definition) is 3. The highest BCUT2D eigenvalue weighted by atomic mass is 16.2. The van der Waals surface area contributed by atoms with Crippen molar-refractivity contribution >= 4 is 11.6 Å². The number of carbonyl (C=O) groups excluding carboxylic acids is 1. The van der Waals surface area contributed by atoms with Gasteiger partial charge >= 0.3 is 0 Å². The monoisotopic (exact) mass is 289 g/mol. The molecule has 1 amide bonds. The molecule has 1 fully saturated rings. The van der Waals surface area contributed by atoms with Crippen LogP contribution in [0.3, 0.4) is 0 Å². The molecule has 0 radical (unpaired) electrons. The molecule has 1 aromatic carbocycles. The maximum atomic E-state index is 12.4. The van der Waals surface area contributed by atoms with E-state index in [1.807, 2.05) is 19.1 Å². The minimum absolute atomic E-state index is 0.118. The van der Waals surface area contributed by atoms with Gasteiger partial charge < -0.3 is 10.6 Å². The van der Waals surface area contributed by atoms with Crippen LogP contribution in [0.2, 0.25) is 0 Å². The third-order valence-electron chi connectivity index (χ3n) is 4.40. The molecule has 1 atom stereocenters. The zero-order chi connectivity index (χ0) is 15.3. The van der Waals surface area contributed by atoms with E-state index in [2.05, 4.69) is 41.5 Å². The first-order valence-electron chi connectivity index (χ1n) is 7.91. The van der Waals surface area contributed by atoms with Crippen molar-refractivity contribution < 1.29 is 4.79 Å². The average Bonchev–Trinajstić information content (AvgIpc) is 2.93. The van der Waals surface area contributed by atoms with Crippen LogP contribution in [-0.2, 0) is 11.3 Å². The molecule has 4 nitrogen and oxygen atoms in total. The van der Waals surface area contributed by atoms with E-state index in [1.165, 1.54) is 5.56 Å². The Hall–Kier alpha value is -1.39. The van der Waals surface area contributed by atoms with E-state index in [4.69, 9.17) is 0 Å². The first-order valence-corrected chi connectivity index (χ1v) is 7.91. The van der Waals surface area contributed by atoms with Crippen molar-refractivity contribution in [2.75, 3.05) is 31.5 Å². The smallest absolute Gasteiger partial charge is 0.231 e. The number of nitrogens with zero attached hydrogens (tertiary/aromatic N) is 1. The molecule has 4 heteroatoms. The summed E-state index contributed by atoms with van der Waals surface area (Å²) in [5.74, 6) is 0.118. The van der Waals surface area contributed by atoms with Gasteiger partial charge in [0.15, 0.2) is 0 Å². The second kappa shape index (κ2) is 7.05. The number of carbonyl (C=O) groups is 1. The molecule has 1 heterocycles. The molecule has 1 aromatic rings. The normalized spacial score (nSPS) is 21.7. The molecule has 1 aliphatic rings. The standard InChI is InChI=1S/C17H27N3O/c1-4-20(5-2)12-14-7-6-8-15(11-14)19-16(21)17(3)9-10-18-13-17/h6-8,11,18H,4-5,9-10,12-13H2,1-3H3,(H,19,21). The molecule has 2 N–H and O–H groups in total. The maximum Gasteiger partial charge on any atom is 0.231 e. The second-order valence-corrected chi connectivity index (χ2v) is 6.10. The lowest BCUT2D eigenvalue weighted by Gasteiger charge is -2.22. The zero-order valence-electron chi connectivity index (χ0n) is 13.4. The zero-order valence-corrected chi connectivity index (χ0v) is 13.4. The molecule has 0 aliphatic carbocycles. The van der Waals surface area contributed by atoms with Gasteiger partial charge in [-0.1, -0.05) is 26.0 Å². The van der Waals surface area contributed by atoms with Crippen molar-refractivity contribution in [1.82, 2.24) is 10.2 Å². The van der Waals surface area contributed by atoms with Crippen LogP contribution in [0, 0.1) is 5.41 Å². The van der Waals surface area contributed by atoms with Gasteiger partial charge in [0, 0.05) is 18.8 Å². The number of nitrogens with one attached hydrogen (secondary N) is 2. The maximum absolute atomic E-state index is 12.4.